The molecule has 0 atom stereocenters. The van der Waals surface area contributed by atoms with Gasteiger partial charge in [0.2, 0.25) is 0 Å². The quantitative estimate of drug-likeness (QED) is 0.624. The molecule has 0 aliphatic rings. The minimum atomic E-state index is -0.448. The van der Waals surface area contributed by atoms with Crippen LogP contribution in [0.25, 0.3) is 0 Å². The van der Waals surface area contributed by atoms with Crippen molar-refractivity contribution >= 4 is 18.1 Å². The van der Waals surface area contributed by atoms with E-state index in [1.165, 1.54) is 12.1 Å². The van der Waals surface area contributed by atoms with Crippen LogP contribution in [0.15, 0.2) is 18.2 Å². The smallest absolute Gasteiger partial charge is 0.167 e. The van der Waals surface area contributed by atoms with Crippen molar-refractivity contribution in [2.75, 3.05) is 26.1 Å². The van der Waals surface area contributed by atoms with Gasteiger partial charge in [-0.05, 0) is 12.1 Å². The Labute approximate surface area is 88.4 Å². The SMILES string of the molecule is COCCOc1ccc(N)cc1F.Cl. The predicted molar refractivity (Wildman–Crippen MR) is 55.4 cm³/mol. The lowest BCUT2D eigenvalue weighted by molar-refractivity contribution is 0.144. The largest absolute Gasteiger partial charge is 0.488 e. The van der Waals surface area contributed by atoms with Crippen LogP contribution in [0, 0.1) is 5.82 Å². The first kappa shape index (κ1) is 13.0. The molecule has 0 aliphatic heterocycles. The summed E-state index contributed by atoms with van der Waals surface area (Å²) < 4.78 is 22.9. The van der Waals surface area contributed by atoms with Gasteiger partial charge in [0, 0.05) is 18.9 Å². The number of anilines is 1. The molecule has 1 rings (SSSR count). The number of methoxy groups -OCH3 is 1. The summed E-state index contributed by atoms with van der Waals surface area (Å²) in [5.74, 6) is -0.248. The van der Waals surface area contributed by atoms with Gasteiger partial charge in [-0.15, -0.1) is 12.4 Å². The van der Waals surface area contributed by atoms with Gasteiger partial charge in [0.15, 0.2) is 11.6 Å². The first-order valence-electron chi connectivity index (χ1n) is 3.91. The topological polar surface area (TPSA) is 44.5 Å². The van der Waals surface area contributed by atoms with E-state index in [1.807, 2.05) is 0 Å². The van der Waals surface area contributed by atoms with Gasteiger partial charge in [0.05, 0.1) is 6.61 Å². The Morgan fingerprint density at radius 1 is 1.36 bits per heavy atom. The van der Waals surface area contributed by atoms with Crippen molar-refractivity contribution in [3.63, 3.8) is 0 Å². The fourth-order valence-electron chi connectivity index (χ4n) is 0.869. The summed E-state index contributed by atoms with van der Waals surface area (Å²) in [4.78, 5) is 0. The van der Waals surface area contributed by atoms with Gasteiger partial charge in [-0.1, -0.05) is 0 Å². The van der Waals surface area contributed by atoms with Crippen molar-refractivity contribution < 1.29 is 13.9 Å². The first-order chi connectivity index (χ1) is 6.24. The maximum atomic E-state index is 13.0. The van der Waals surface area contributed by atoms with Crippen LogP contribution >= 0.6 is 12.4 Å². The zero-order valence-electron chi connectivity index (χ0n) is 7.83. The average molecular weight is 222 g/mol. The van der Waals surface area contributed by atoms with Crippen molar-refractivity contribution in [3.05, 3.63) is 24.0 Å². The maximum absolute atomic E-state index is 13.0. The van der Waals surface area contributed by atoms with E-state index in [2.05, 4.69) is 0 Å². The first-order valence-corrected chi connectivity index (χ1v) is 3.91. The Morgan fingerprint density at radius 3 is 2.64 bits per heavy atom. The second kappa shape index (κ2) is 6.45. The van der Waals surface area contributed by atoms with Crippen molar-refractivity contribution in [3.8, 4) is 5.75 Å². The summed E-state index contributed by atoms with van der Waals surface area (Å²) in [6.07, 6.45) is 0. The fourth-order valence-corrected chi connectivity index (χ4v) is 0.869. The van der Waals surface area contributed by atoms with Gasteiger partial charge in [-0.3, -0.25) is 0 Å². The van der Waals surface area contributed by atoms with Crippen LogP contribution in [0.1, 0.15) is 0 Å². The number of benzene rings is 1. The second-order valence-electron chi connectivity index (χ2n) is 2.53. The van der Waals surface area contributed by atoms with Gasteiger partial charge in [0.25, 0.3) is 0 Å². The third-order valence-corrected chi connectivity index (χ3v) is 1.50. The Balaban J connectivity index is 0.00000169. The van der Waals surface area contributed by atoms with Crippen LogP contribution in [-0.2, 0) is 4.74 Å². The van der Waals surface area contributed by atoms with Crippen LogP contribution in [0.4, 0.5) is 10.1 Å². The molecule has 1 aromatic rings. The number of hydrogen-bond acceptors (Lipinski definition) is 3. The lowest BCUT2D eigenvalue weighted by Gasteiger charge is -2.06. The van der Waals surface area contributed by atoms with E-state index in [1.54, 1.807) is 13.2 Å². The minimum absolute atomic E-state index is 0. The third kappa shape index (κ3) is 3.81. The monoisotopic (exact) mass is 221 g/mol. The molecule has 0 fully saturated rings. The van der Waals surface area contributed by atoms with Crippen molar-refractivity contribution in [1.82, 2.24) is 0 Å². The van der Waals surface area contributed by atoms with E-state index in [0.717, 1.165) is 0 Å². The third-order valence-electron chi connectivity index (χ3n) is 1.50. The zero-order valence-corrected chi connectivity index (χ0v) is 8.64. The number of rotatable bonds is 4. The molecule has 0 saturated heterocycles. The normalized spacial score (nSPS) is 9.29. The van der Waals surface area contributed by atoms with Crippen molar-refractivity contribution in [1.29, 1.82) is 0 Å². The highest BCUT2D eigenvalue weighted by Crippen LogP contribution is 2.18. The van der Waals surface area contributed by atoms with Gasteiger partial charge < -0.3 is 15.2 Å². The number of ether oxygens (including phenoxy) is 2. The standard InChI is InChI=1S/C9H12FNO2.ClH/c1-12-4-5-13-9-3-2-7(11)6-8(9)10;/h2-3,6H,4-5,11H2,1H3;1H. The number of hydrogen-bond donors (Lipinski definition) is 1. The predicted octanol–water partition coefficient (Wildman–Crippen LogP) is 1.85. The van der Waals surface area contributed by atoms with E-state index in [-0.39, 0.29) is 18.2 Å². The molecule has 80 valence electrons. The number of nitrogen functional groups attached to an aromatic ring is 1. The van der Waals surface area contributed by atoms with Gasteiger partial charge in [-0.25, -0.2) is 4.39 Å². The molecule has 0 unspecified atom stereocenters. The van der Waals surface area contributed by atoms with Gasteiger partial charge in [-0.2, -0.15) is 0 Å². The van der Waals surface area contributed by atoms with Crippen molar-refractivity contribution in [2.24, 2.45) is 0 Å². The van der Waals surface area contributed by atoms with E-state index in [0.29, 0.717) is 18.9 Å². The molecule has 2 N–H and O–H groups in total. The molecular formula is C9H13ClFNO2. The van der Waals surface area contributed by atoms with E-state index < -0.39 is 5.82 Å². The highest BCUT2D eigenvalue weighted by Gasteiger charge is 2.02. The summed E-state index contributed by atoms with van der Waals surface area (Å²) >= 11 is 0. The highest BCUT2D eigenvalue weighted by atomic mass is 35.5. The van der Waals surface area contributed by atoms with E-state index in [4.69, 9.17) is 15.2 Å². The van der Waals surface area contributed by atoms with Crippen LogP contribution in [0.5, 0.6) is 5.75 Å². The van der Waals surface area contributed by atoms with Gasteiger partial charge >= 0.3 is 0 Å². The molecule has 0 aromatic heterocycles. The minimum Gasteiger partial charge on any atom is -0.488 e. The van der Waals surface area contributed by atoms with Crippen LogP contribution in [0.2, 0.25) is 0 Å². The van der Waals surface area contributed by atoms with Crippen LogP contribution < -0.4 is 10.5 Å². The summed E-state index contributed by atoms with van der Waals surface area (Å²) in [5.41, 5.74) is 5.75. The number of halogens is 2. The maximum Gasteiger partial charge on any atom is 0.167 e. The molecule has 0 bridgehead atoms. The lowest BCUT2D eigenvalue weighted by atomic mass is 10.3. The Kier molecular flexibility index (Phi) is 5.99. The Bertz CT molecular complexity index is 284. The average Bonchev–Trinajstić information content (AvgIpc) is 2.09. The van der Waals surface area contributed by atoms with Gasteiger partial charge in [0.1, 0.15) is 6.61 Å². The second-order valence-corrected chi connectivity index (χ2v) is 2.53. The molecule has 0 saturated carbocycles. The molecule has 0 aliphatic carbocycles. The summed E-state index contributed by atoms with van der Waals surface area (Å²) in [6, 6.07) is 4.31. The van der Waals surface area contributed by atoms with Crippen LogP contribution in [0.3, 0.4) is 0 Å². The lowest BCUT2D eigenvalue weighted by Crippen LogP contribution is -2.05. The zero-order chi connectivity index (χ0) is 9.68. The Morgan fingerprint density at radius 2 is 2.07 bits per heavy atom. The van der Waals surface area contributed by atoms with E-state index in [9.17, 15) is 4.39 Å². The molecule has 0 heterocycles. The molecule has 3 nitrogen and oxygen atoms in total. The highest BCUT2D eigenvalue weighted by molar-refractivity contribution is 5.85. The molecule has 0 amide bonds. The van der Waals surface area contributed by atoms with E-state index >= 15 is 0 Å². The van der Waals surface area contributed by atoms with Crippen molar-refractivity contribution in [2.45, 2.75) is 0 Å². The Hall–Kier alpha value is -1.000. The molecule has 0 radical (unpaired) electrons. The van der Waals surface area contributed by atoms with Crippen LogP contribution in [-0.4, -0.2) is 20.3 Å². The number of nitrogens with two attached hydrogens (primary N) is 1. The fraction of sp³-hybridized carbons (Fsp3) is 0.333. The summed E-state index contributed by atoms with van der Waals surface area (Å²) in [6.45, 7) is 0.765. The molecule has 5 heteroatoms. The summed E-state index contributed by atoms with van der Waals surface area (Å²) in [5, 5.41) is 0. The molecular weight excluding hydrogens is 209 g/mol. The molecule has 0 spiro atoms. The molecule has 1 aromatic carbocycles. The molecule has 14 heavy (non-hydrogen) atoms. The summed E-state index contributed by atoms with van der Waals surface area (Å²) in [7, 11) is 1.56.